The van der Waals surface area contributed by atoms with Crippen LogP contribution in [-0.4, -0.2) is 32.0 Å². The Morgan fingerprint density at radius 2 is 2.12 bits per heavy atom. The highest BCUT2D eigenvalue weighted by atomic mass is 35.5. The second-order valence-electron chi connectivity index (χ2n) is 5.21. The minimum Gasteiger partial charge on any atom is -0.427 e. The summed E-state index contributed by atoms with van der Waals surface area (Å²) < 4.78 is 6.72. The first kappa shape index (κ1) is 16.6. The molecular formula is C15H12Cl2N4O3. The molecule has 7 nitrogen and oxygen atoms in total. The molecule has 0 spiro atoms. The number of tetrazole rings is 1. The number of nitrogens with zero attached hydrogens (tertiary/aromatic N) is 4. The summed E-state index contributed by atoms with van der Waals surface area (Å²) in [6.45, 7) is 0.215. The molecule has 9 heteroatoms. The summed E-state index contributed by atoms with van der Waals surface area (Å²) in [5.41, 5.74) is 0.678. The molecule has 0 atom stereocenters. The van der Waals surface area contributed by atoms with Gasteiger partial charge in [0, 0.05) is 29.5 Å². The lowest BCUT2D eigenvalue weighted by Crippen LogP contribution is -2.12. The first-order chi connectivity index (χ1) is 11.5. The summed E-state index contributed by atoms with van der Waals surface area (Å²) in [7, 11) is 0. The molecule has 1 aromatic carbocycles. The number of hydrogen-bond acceptors (Lipinski definition) is 6. The van der Waals surface area contributed by atoms with E-state index in [1.165, 1.54) is 23.2 Å². The number of benzene rings is 1. The Kier molecular flexibility index (Phi) is 4.92. The van der Waals surface area contributed by atoms with E-state index in [0.29, 0.717) is 35.6 Å². The Morgan fingerprint density at radius 3 is 2.83 bits per heavy atom. The van der Waals surface area contributed by atoms with Crippen LogP contribution in [0.15, 0.2) is 30.3 Å². The van der Waals surface area contributed by atoms with Gasteiger partial charge in [0.15, 0.2) is 5.78 Å². The first-order valence-electron chi connectivity index (χ1n) is 7.18. The average Bonchev–Trinajstić information content (AvgIpc) is 3.04. The number of carbonyl (C=O) groups is 2. The summed E-state index contributed by atoms with van der Waals surface area (Å²) in [5.74, 6) is -0.328. The molecule has 0 radical (unpaired) electrons. The van der Waals surface area contributed by atoms with E-state index >= 15 is 0 Å². The van der Waals surface area contributed by atoms with Crippen LogP contribution < -0.4 is 0 Å². The third kappa shape index (κ3) is 3.63. The van der Waals surface area contributed by atoms with E-state index in [-0.39, 0.29) is 22.9 Å². The first-order valence-corrected chi connectivity index (χ1v) is 7.93. The zero-order chi connectivity index (χ0) is 17.1. The lowest BCUT2D eigenvalue weighted by molar-refractivity contribution is -0.115. The number of aromatic nitrogens is 4. The number of allylic oxidation sites excluding steroid dienone is 2. The summed E-state index contributed by atoms with van der Waals surface area (Å²) in [5, 5.41) is 11.4. The predicted molar refractivity (Wildman–Crippen MR) is 85.7 cm³/mol. The number of ketones is 1. The average molecular weight is 367 g/mol. The van der Waals surface area contributed by atoms with Gasteiger partial charge in [-0.1, -0.05) is 23.2 Å². The Balaban J connectivity index is 1.85. The molecule has 24 heavy (non-hydrogen) atoms. The fourth-order valence-electron chi connectivity index (χ4n) is 2.33. The Bertz CT molecular complexity index is 818. The third-order valence-electron chi connectivity index (χ3n) is 3.51. The van der Waals surface area contributed by atoms with Gasteiger partial charge >= 0.3 is 5.97 Å². The molecule has 0 bridgehead atoms. The Labute approximate surface area is 147 Å². The molecule has 0 fully saturated rings. The van der Waals surface area contributed by atoms with Crippen LogP contribution in [0.25, 0.3) is 0 Å². The summed E-state index contributed by atoms with van der Waals surface area (Å²) >= 11 is 12.5. The van der Waals surface area contributed by atoms with Crippen molar-refractivity contribution >= 4 is 35.0 Å². The molecule has 3 rings (SSSR count). The molecule has 2 aromatic rings. The molecule has 1 aliphatic carbocycles. The zero-order valence-corrected chi connectivity index (χ0v) is 13.9. The topological polar surface area (TPSA) is 87.0 Å². The van der Waals surface area contributed by atoms with Crippen LogP contribution in [-0.2, 0) is 16.1 Å². The van der Waals surface area contributed by atoms with Crippen LogP contribution in [0.1, 0.15) is 35.2 Å². The number of hydrogen-bond donors (Lipinski definition) is 0. The van der Waals surface area contributed by atoms with Gasteiger partial charge in [-0.3, -0.25) is 4.79 Å². The molecule has 0 amide bonds. The van der Waals surface area contributed by atoms with Crippen LogP contribution in [0, 0.1) is 0 Å². The number of ether oxygens (including phenoxy) is 1. The van der Waals surface area contributed by atoms with Crippen LogP contribution in [0.4, 0.5) is 0 Å². The smallest absolute Gasteiger partial charge is 0.344 e. The summed E-state index contributed by atoms with van der Waals surface area (Å²) in [6, 6.07) is 3.05. The van der Waals surface area contributed by atoms with Gasteiger partial charge in [-0.05, 0) is 29.0 Å². The van der Waals surface area contributed by atoms with E-state index in [2.05, 4.69) is 15.5 Å². The molecule has 124 valence electrons. The van der Waals surface area contributed by atoms with E-state index in [4.69, 9.17) is 27.9 Å². The van der Waals surface area contributed by atoms with E-state index in [1.54, 1.807) is 6.07 Å². The number of esters is 1. The van der Waals surface area contributed by atoms with Crippen LogP contribution in [0.5, 0.6) is 0 Å². The zero-order valence-electron chi connectivity index (χ0n) is 12.4. The third-order valence-corrected chi connectivity index (χ3v) is 4.30. The molecule has 0 N–H and O–H groups in total. The van der Waals surface area contributed by atoms with Crippen molar-refractivity contribution in [3.05, 3.63) is 51.5 Å². The van der Waals surface area contributed by atoms with Gasteiger partial charge in [0.2, 0.25) is 0 Å². The predicted octanol–water partition coefficient (Wildman–Crippen LogP) is 2.82. The van der Waals surface area contributed by atoms with E-state index in [9.17, 15) is 9.59 Å². The van der Waals surface area contributed by atoms with Crippen molar-refractivity contribution in [2.75, 3.05) is 0 Å². The minimum atomic E-state index is -0.629. The van der Waals surface area contributed by atoms with Gasteiger partial charge in [-0.2, -0.15) is 0 Å². The van der Waals surface area contributed by atoms with Crippen LogP contribution in [0.3, 0.4) is 0 Å². The molecule has 0 aliphatic heterocycles. The number of halogens is 2. The van der Waals surface area contributed by atoms with E-state index < -0.39 is 5.97 Å². The lowest BCUT2D eigenvalue weighted by Gasteiger charge is -2.14. The van der Waals surface area contributed by atoms with Crippen molar-refractivity contribution in [1.82, 2.24) is 20.2 Å². The largest absolute Gasteiger partial charge is 0.427 e. The van der Waals surface area contributed by atoms with Gasteiger partial charge in [0.1, 0.15) is 12.1 Å². The van der Waals surface area contributed by atoms with Crippen molar-refractivity contribution in [1.29, 1.82) is 0 Å². The molecule has 0 saturated heterocycles. The number of carbonyl (C=O) groups excluding carboxylic acids is 2. The van der Waals surface area contributed by atoms with Crippen molar-refractivity contribution in [3.8, 4) is 0 Å². The molecule has 0 saturated carbocycles. The van der Waals surface area contributed by atoms with Gasteiger partial charge < -0.3 is 4.74 Å². The fraction of sp³-hybridized carbons (Fsp3) is 0.267. The standard InChI is InChI=1S/C15H12Cl2N4O3/c16-13-5-4-11(14(17)12(13)7-21-8-18-19-20-21)15(23)24-10-3-1-2-9(22)6-10/h4-6,8H,1-3,7H2. The molecular weight excluding hydrogens is 355 g/mol. The molecule has 1 heterocycles. The van der Waals surface area contributed by atoms with E-state index in [0.717, 1.165) is 0 Å². The summed E-state index contributed by atoms with van der Waals surface area (Å²) in [6.07, 6.45) is 4.44. The normalized spacial score (nSPS) is 14.4. The maximum Gasteiger partial charge on any atom is 0.344 e. The van der Waals surface area contributed by atoms with Crippen molar-refractivity contribution in [2.24, 2.45) is 0 Å². The highest BCUT2D eigenvalue weighted by molar-refractivity contribution is 6.38. The van der Waals surface area contributed by atoms with Crippen LogP contribution in [0.2, 0.25) is 10.0 Å². The monoisotopic (exact) mass is 366 g/mol. The van der Waals surface area contributed by atoms with Gasteiger partial charge in [-0.25, -0.2) is 9.48 Å². The minimum absolute atomic E-state index is 0.0503. The maximum atomic E-state index is 12.4. The van der Waals surface area contributed by atoms with E-state index in [1.807, 2.05) is 0 Å². The highest BCUT2D eigenvalue weighted by Gasteiger charge is 2.21. The van der Waals surface area contributed by atoms with Crippen molar-refractivity contribution < 1.29 is 14.3 Å². The lowest BCUT2D eigenvalue weighted by atomic mass is 10.1. The summed E-state index contributed by atoms with van der Waals surface area (Å²) in [4.78, 5) is 23.8. The van der Waals surface area contributed by atoms with Gasteiger partial charge in [0.05, 0.1) is 17.1 Å². The van der Waals surface area contributed by atoms with Crippen molar-refractivity contribution in [2.45, 2.75) is 25.8 Å². The molecule has 0 unspecified atom stereocenters. The molecule has 1 aliphatic rings. The second kappa shape index (κ2) is 7.11. The SMILES string of the molecule is O=C1C=C(OC(=O)c2ccc(Cl)c(Cn3cnnn3)c2Cl)CCC1. The van der Waals surface area contributed by atoms with Crippen molar-refractivity contribution in [3.63, 3.8) is 0 Å². The number of rotatable bonds is 4. The van der Waals surface area contributed by atoms with Crippen LogP contribution >= 0.6 is 23.2 Å². The second-order valence-corrected chi connectivity index (χ2v) is 6.00. The molecule has 1 aromatic heterocycles. The van der Waals surface area contributed by atoms with Gasteiger partial charge in [-0.15, -0.1) is 5.10 Å². The quantitative estimate of drug-likeness (QED) is 0.773. The Morgan fingerprint density at radius 1 is 1.29 bits per heavy atom. The fourth-order valence-corrected chi connectivity index (χ4v) is 2.90. The Hall–Kier alpha value is -2.25. The van der Waals surface area contributed by atoms with Gasteiger partial charge in [0.25, 0.3) is 0 Å². The highest BCUT2D eigenvalue weighted by Crippen LogP contribution is 2.30. The maximum absolute atomic E-state index is 12.4.